The second-order valence-corrected chi connectivity index (χ2v) is 15.8. The fourth-order valence-corrected chi connectivity index (χ4v) is 10.8. The molecule has 5 aliphatic carbocycles. The summed E-state index contributed by atoms with van der Waals surface area (Å²) >= 11 is 0. The Morgan fingerprint density at radius 2 is 1.57 bits per heavy atom. The topological polar surface area (TPSA) is 87.0 Å². The number of alkyl halides is 3. The summed E-state index contributed by atoms with van der Waals surface area (Å²) in [4.78, 5) is 40.0. The molecule has 220 valence electrons. The third kappa shape index (κ3) is 3.74. The Morgan fingerprint density at radius 3 is 2.17 bits per heavy atom. The molecule has 2 unspecified atom stereocenters. The van der Waals surface area contributed by atoms with Gasteiger partial charge in [-0.2, -0.15) is 18.4 Å². The molecule has 4 saturated carbocycles. The maximum Gasteiger partial charge on any atom is 0.471 e. The summed E-state index contributed by atoms with van der Waals surface area (Å²) in [6.45, 7) is 14.6. The zero-order valence-corrected chi connectivity index (χ0v) is 24.8. The molecule has 0 aromatic heterocycles. The number of rotatable bonds is 1. The first-order chi connectivity index (χ1) is 18.2. The number of carbonyl (C=O) groups is 3. The summed E-state index contributed by atoms with van der Waals surface area (Å²) < 4.78 is 40.5. The van der Waals surface area contributed by atoms with Crippen LogP contribution in [0.2, 0.25) is 0 Å². The molecule has 0 spiro atoms. The largest absolute Gasteiger partial charge is 0.471 e. The van der Waals surface area contributed by atoms with Gasteiger partial charge < -0.3 is 5.32 Å². The number of hydrogen-bond acceptors (Lipinski definition) is 4. The Kier molecular flexibility index (Phi) is 6.19. The van der Waals surface area contributed by atoms with Gasteiger partial charge in [0.05, 0.1) is 5.57 Å². The lowest BCUT2D eigenvalue weighted by atomic mass is 9.32. The third-order valence-electron chi connectivity index (χ3n) is 13.1. The summed E-state index contributed by atoms with van der Waals surface area (Å²) in [7, 11) is 0. The van der Waals surface area contributed by atoms with Crippen molar-refractivity contribution in [3.8, 4) is 6.07 Å². The smallest absolute Gasteiger partial charge is 0.343 e. The first-order valence-electron chi connectivity index (χ1n) is 14.8. The Bertz CT molecular complexity index is 1240. The molecule has 0 aliphatic heterocycles. The van der Waals surface area contributed by atoms with E-state index in [-0.39, 0.29) is 52.1 Å². The van der Waals surface area contributed by atoms with Crippen molar-refractivity contribution in [1.29, 1.82) is 5.26 Å². The first kappa shape index (κ1) is 29.3. The summed E-state index contributed by atoms with van der Waals surface area (Å²) in [5, 5.41) is 12.3. The molecule has 0 radical (unpaired) electrons. The summed E-state index contributed by atoms with van der Waals surface area (Å²) in [6.07, 6.45) is 1.36. The van der Waals surface area contributed by atoms with Gasteiger partial charge in [0.15, 0.2) is 5.78 Å². The number of Topliss-reactive ketones (excluding diaryl/α,β-unsaturated/α-hetero) is 2. The lowest BCUT2D eigenvalue weighted by molar-refractivity contribution is -0.218. The average Bonchev–Trinajstić information content (AvgIpc) is 2.83. The van der Waals surface area contributed by atoms with Gasteiger partial charge >= 0.3 is 12.1 Å². The van der Waals surface area contributed by atoms with Gasteiger partial charge in [-0.05, 0) is 84.4 Å². The number of ketones is 2. The monoisotopic (exact) mass is 560 g/mol. The van der Waals surface area contributed by atoms with Crippen LogP contribution in [0.1, 0.15) is 99.8 Å². The Balaban J connectivity index is 1.61. The molecule has 8 atom stereocenters. The van der Waals surface area contributed by atoms with Gasteiger partial charge in [0.25, 0.3) is 0 Å². The molecule has 5 aliphatic rings. The Labute approximate surface area is 235 Å². The van der Waals surface area contributed by atoms with Gasteiger partial charge in [-0.3, -0.25) is 14.4 Å². The fourth-order valence-electron chi connectivity index (χ4n) is 10.8. The molecule has 0 bridgehead atoms. The molecular weight excluding hydrogens is 517 g/mol. The van der Waals surface area contributed by atoms with Crippen molar-refractivity contribution in [2.45, 2.75) is 112 Å². The molecule has 0 aromatic rings. The van der Waals surface area contributed by atoms with Crippen LogP contribution in [-0.2, 0) is 14.4 Å². The summed E-state index contributed by atoms with van der Waals surface area (Å²) in [5.74, 6) is -2.96. The van der Waals surface area contributed by atoms with Crippen molar-refractivity contribution in [3.63, 3.8) is 0 Å². The van der Waals surface area contributed by atoms with Crippen LogP contribution in [0.4, 0.5) is 13.2 Å². The molecular formula is C32H43F3N2O3. The number of nitrogens with zero attached hydrogens (tertiary/aromatic N) is 1. The van der Waals surface area contributed by atoms with Crippen molar-refractivity contribution in [1.82, 2.24) is 5.32 Å². The van der Waals surface area contributed by atoms with Crippen LogP contribution in [0, 0.1) is 62.1 Å². The minimum absolute atomic E-state index is 0.0157. The Morgan fingerprint density at radius 1 is 0.950 bits per heavy atom. The lowest BCUT2D eigenvalue weighted by Crippen LogP contribution is -2.72. The average molecular weight is 561 g/mol. The minimum Gasteiger partial charge on any atom is -0.343 e. The highest BCUT2D eigenvalue weighted by Gasteiger charge is 2.72. The van der Waals surface area contributed by atoms with Crippen LogP contribution in [-0.4, -0.2) is 29.2 Å². The molecule has 0 aromatic carbocycles. The van der Waals surface area contributed by atoms with E-state index >= 15 is 0 Å². The van der Waals surface area contributed by atoms with E-state index in [9.17, 15) is 32.8 Å². The van der Waals surface area contributed by atoms with Crippen molar-refractivity contribution in [2.24, 2.45) is 50.7 Å². The van der Waals surface area contributed by atoms with Crippen LogP contribution in [0.15, 0.2) is 11.6 Å². The number of amides is 1. The van der Waals surface area contributed by atoms with E-state index < -0.39 is 39.8 Å². The molecule has 4 fully saturated rings. The Hall–Kier alpha value is -2.17. The standard InChI is InChI=1S/C32H43F3N2O3/c1-26(2)10-12-31(37-25(40)32(33,34)35)13-11-30(7)23(19(31)16-26)20(38)14-22-28(5)15-18(17-36)24(39)27(3,4)21(28)8-9-29(22,30)6/h15,19,21-23H,8-14,16H2,1-7H3,(H,37,40)/t19?,21-,22+,23?,28-,29+,30+,31-/m0/s1. The predicted octanol–water partition coefficient (Wildman–Crippen LogP) is 6.72. The van der Waals surface area contributed by atoms with Crippen molar-refractivity contribution in [2.75, 3.05) is 0 Å². The van der Waals surface area contributed by atoms with Gasteiger partial charge in [0, 0.05) is 23.3 Å². The molecule has 1 N–H and O–H groups in total. The highest BCUT2D eigenvalue weighted by Crippen LogP contribution is 2.74. The predicted molar refractivity (Wildman–Crippen MR) is 143 cm³/mol. The molecule has 5 rings (SSSR count). The molecule has 0 saturated heterocycles. The van der Waals surface area contributed by atoms with Crippen LogP contribution in [0.5, 0.6) is 0 Å². The number of carbonyl (C=O) groups excluding carboxylic acids is 3. The van der Waals surface area contributed by atoms with Crippen LogP contribution in [0.3, 0.4) is 0 Å². The number of hydrogen-bond donors (Lipinski definition) is 1. The third-order valence-corrected chi connectivity index (χ3v) is 13.1. The first-order valence-corrected chi connectivity index (χ1v) is 14.8. The van der Waals surface area contributed by atoms with Gasteiger partial charge in [0.2, 0.25) is 0 Å². The number of halogens is 3. The maximum absolute atomic E-state index is 14.4. The van der Waals surface area contributed by atoms with Gasteiger partial charge in [-0.15, -0.1) is 0 Å². The van der Waals surface area contributed by atoms with E-state index in [1.54, 1.807) is 0 Å². The highest BCUT2D eigenvalue weighted by atomic mass is 19.4. The second kappa shape index (κ2) is 8.44. The number of nitrogens with one attached hydrogen (secondary N) is 1. The van der Waals surface area contributed by atoms with E-state index in [4.69, 9.17) is 0 Å². The molecule has 40 heavy (non-hydrogen) atoms. The zero-order chi connectivity index (χ0) is 29.9. The van der Waals surface area contributed by atoms with E-state index in [0.29, 0.717) is 32.1 Å². The van der Waals surface area contributed by atoms with Crippen LogP contribution in [0.25, 0.3) is 0 Å². The summed E-state index contributed by atoms with van der Waals surface area (Å²) in [6, 6.07) is 2.13. The zero-order valence-electron chi connectivity index (χ0n) is 24.8. The van der Waals surface area contributed by atoms with Gasteiger partial charge in [-0.1, -0.05) is 54.5 Å². The van der Waals surface area contributed by atoms with Crippen LogP contribution < -0.4 is 5.32 Å². The SMILES string of the molecule is CC1(C)CC[C@]2(NC(=O)C(F)(F)F)CC[C@]3(C)C(C(=O)C[C@@H]4[C@@]5(C)C=C(C#N)C(=O)C(C)(C)[C@@H]5CC[C@]43C)C2C1. The molecule has 0 heterocycles. The molecule has 8 heteroatoms. The molecule has 1 amide bonds. The number of nitriles is 1. The van der Waals surface area contributed by atoms with Crippen LogP contribution >= 0.6 is 0 Å². The van der Waals surface area contributed by atoms with Gasteiger partial charge in [0.1, 0.15) is 11.9 Å². The fraction of sp³-hybridized carbons (Fsp3) is 0.812. The van der Waals surface area contributed by atoms with E-state index in [1.165, 1.54) is 0 Å². The second-order valence-electron chi connectivity index (χ2n) is 15.8. The van der Waals surface area contributed by atoms with Gasteiger partial charge in [-0.25, -0.2) is 0 Å². The normalized spacial score (nSPS) is 45.6. The van der Waals surface area contributed by atoms with E-state index in [2.05, 4.69) is 46.0 Å². The quantitative estimate of drug-likeness (QED) is 0.386. The van der Waals surface area contributed by atoms with Crippen molar-refractivity contribution in [3.05, 3.63) is 11.6 Å². The van der Waals surface area contributed by atoms with Crippen molar-refractivity contribution >= 4 is 17.5 Å². The summed E-state index contributed by atoms with van der Waals surface area (Å²) in [5.41, 5.74) is -3.13. The lowest BCUT2D eigenvalue weighted by Gasteiger charge is -2.72. The highest BCUT2D eigenvalue weighted by molar-refractivity contribution is 6.04. The van der Waals surface area contributed by atoms with Crippen molar-refractivity contribution < 1.29 is 27.6 Å². The number of fused-ring (bicyclic) bond motifs is 7. The van der Waals surface area contributed by atoms with E-state index in [1.807, 2.05) is 19.9 Å². The van der Waals surface area contributed by atoms with E-state index in [0.717, 1.165) is 12.8 Å². The minimum atomic E-state index is -4.98. The molecule has 5 nitrogen and oxygen atoms in total. The maximum atomic E-state index is 14.4. The number of allylic oxidation sites excluding steroid dienone is 2.